The fourth-order valence-electron chi connectivity index (χ4n) is 3.06. The molecular formula is C20H21N3O2. The van der Waals surface area contributed by atoms with Gasteiger partial charge >= 0.3 is 0 Å². The molecule has 128 valence electrons. The molecule has 2 aromatic carbocycles. The Morgan fingerprint density at radius 2 is 1.96 bits per heavy atom. The molecule has 25 heavy (non-hydrogen) atoms. The van der Waals surface area contributed by atoms with Gasteiger partial charge in [-0.15, -0.1) is 0 Å². The summed E-state index contributed by atoms with van der Waals surface area (Å²) in [6.07, 6.45) is 0.870. The van der Waals surface area contributed by atoms with Crippen LogP contribution in [0, 0.1) is 11.3 Å². The second kappa shape index (κ2) is 7.82. The number of benzene rings is 2. The van der Waals surface area contributed by atoms with Gasteiger partial charge in [0.25, 0.3) is 0 Å². The number of nitrogens with one attached hydrogen (secondary N) is 1. The molecule has 5 nitrogen and oxygen atoms in total. The highest BCUT2D eigenvalue weighted by Crippen LogP contribution is 2.26. The van der Waals surface area contributed by atoms with Gasteiger partial charge in [0.2, 0.25) is 5.91 Å². The number of nitriles is 1. The SMILES string of the molecule is COc1ccc(CCN2Cc3ccc(NC(=O)CC#N)cc3C2)cc1. The number of carbonyl (C=O) groups is 1. The summed E-state index contributed by atoms with van der Waals surface area (Å²) >= 11 is 0. The van der Waals surface area contributed by atoms with Crippen molar-refractivity contribution in [1.29, 1.82) is 5.26 Å². The highest BCUT2D eigenvalue weighted by atomic mass is 16.5. The van der Waals surface area contributed by atoms with Gasteiger partial charge in [-0.25, -0.2) is 0 Å². The van der Waals surface area contributed by atoms with E-state index in [0.29, 0.717) is 0 Å². The van der Waals surface area contributed by atoms with E-state index >= 15 is 0 Å². The molecule has 0 bridgehead atoms. The summed E-state index contributed by atoms with van der Waals surface area (Å²) in [5.41, 5.74) is 4.59. The molecule has 0 fully saturated rings. The van der Waals surface area contributed by atoms with Crippen molar-refractivity contribution in [3.63, 3.8) is 0 Å². The van der Waals surface area contributed by atoms with Crippen LogP contribution >= 0.6 is 0 Å². The van der Waals surface area contributed by atoms with Crippen molar-refractivity contribution < 1.29 is 9.53 Å². The molecule has 0 unspecified atom stereocenters. The van der Waals surface area contributed by atoms with E-state index in [1.54, 1.807) is 7.11 Å². The summed E-state index contributed by atoms with van der Waals surface area (Å²) in [4.78, 5) is 13.9. The standard InChI is InChI=1S/C20H21N3O2/c1-25-19-6-2-15(3-7-19)9-11-23-13-16-4-5-18(12-17(16)14-23)22-20(24)8-10-21/h2-7,12H,8-9,11,13-14H2,1H3,(H,22,24). The third-order valence-corrected chi connectivity index (χ3v) is 4.39. The van der Waals surface area contributed by atoms with Crippen LogP contribution in [0.2, 0.25) is 0 Å². The minimum atomic E-state index is -0.267. The molecule has 0 saturated carbocycles. The van der Waals surface area contributed by atoms with Crippen LogP contribution in [0.5, 0.6) is 5.75 Å². The highest BCUT2D eigenvalue weighted by Gasteiger charge is 2.19. The molecule has 0 aromatic heterocycles. The van der Waals surface area contributed by atoms with E-state index in [4.69, 9.17) is 10.00 Å². The van der Waals surface area contributed by atoms with Crippen LogP contribution in [-0.2, 0) is 24.3 Å². The van der Waals surface area contributed by atoms with Gasteiger partial charge in [0.15, 0.2) is 0 Å². The number of nitrogens with zero attached hydrogens (tertiary/aromatic N) is 2. The number of fused-ring (bicyclic) bond motifs is 1. The zero-order chi connectivity index (χ0) is 17.6. The Morgan fingerprint density at radius 3 is 2.68 bits per heavy atom. The maximum absolute atomic E-state index is 11.5. The van der Waals surface area contributed by atoms with E-state index in [-0.39, 0.29) is 12.3 Å². The number of methoxy groups -OCH3 is 1. The summed E-state index contributed by atoms with van der Waals surface area (Å²) in [6, 6.07) is 16.0. The maximum Gasteiger partial charge on any atom is 0.238 e. The Bertz CT molecular complexity index is 794. The summed E-state index contributed by atoms with van der Waals surface area (Å²) in [5, 5.41) is 11.3. The lowest BCUT2D eigenvalue weighted by Gasteiger charge is -2.14. The highest BCUT2D eigenvalue weighted by molar-refractivity contribution is 5.92. The van der Waals surface area contributed by atoms with E-state index in [1.807, 2.05) is 30.3 Å². The zero-order valence-corrected chi connectivity index (χ0v) is 14.3. The number of hydrogen-bond acceptors (Lipinski definition) is 4. The molecule has 0 saturated heterocycles. The van der Waals surface area contributed by atoms with Crippen molar-refractivity contribution in [2.24, 2.45) is 0 Å². The van der Waals surface area contributed by atoms with Crippen molar-refractivity contribution in [3.8, 4) is 11.8 Å². The number of carbonyl (C=O) groups excluding carboxylic acids is 1. The second-order valence-corrected chi connectivity index (χ2v) is 6.18. The predicted molar refractivity (Wildman–Crippen MR) is 96.1 cm³/mol. The Balaban J connectivity index is 1.55. The fraction of sp³-hybridized carbons (Fsp3) is 0.300. The average Bonchev–Trinajstić information content (AvgIpc) is 3.03. The second-order valence-electron chi connectivity index (χ2n) is 6.18. The van der Waals surface area contributed by atoms with Crippen LogP contribution in [0.15, 0.2) is 42.5 Å². The summed E-state index contributed by atoms with van der Waals surface area (Å²) in [7, 11) is 1.67. The van der Waals surface area contributed by atoms with Crippen LogP contribution in [0.3, 0.4) is 0 Å². The van der Waals surface area contributed by atoms with Crippen molar-refractivity contribution in [2.45, 2.75) is 25.9 Å². The van der Waals surface area contributed by atoms with Gasteiger partial charge in [-0.2, -0.15) is 5.26 Å². The van der Waals surface area contributed by atoms with Crippen LogP contribution in [0.1, 0.15) is 23.1 Å². The number of rotatable bonds is 6. The van der Waals surface area contributed by atoms with E-state index in [1.165, 1.54) is 16.7 Å². The Labute approximate surface area is 147 Å². The first-order valence-corrected chi connectivity index (χ1v) is 8.32. The molecule has 1 aliphatic rings. The number of anilines is 1. The Kier molecular flexibility index (Phi) is 5.32. The normalized spacial score (nSPS) is 13.1. The van der Waals surface area contributed by atoms with E-state index < -0.39 is 0 Å². The van der Waals surface area contributed by atoms with E-state index in [2.05, 4.69) is 28.4 Å². The Morgan fingerprint density at radius 1 is 1.20 bits per heavy atom. The first kappa shape index (κ1) is 17.0. The van der Waals surface area contributed by atoms with Gasteiger partial charge in [-0.1, -0.05) is 18.2 Å². The minimum Gasteiger partial charge on any atom is -0.497 e. The molecule has 1 amide bonds. The quantitative estimate of drug-likeness (QED) is 0.881. The molecule has 0 radical (unpaired) electrons. The lowest BCUT2D eigenvalue weighted by atomic mass is 10.1. The first-order valence-electron chi connectivity index (χ1n) is 8.32. The molecule has 0 spiro atoms. The molecule has 2 aromatic rings. The smallest absolute Gasteiger partial charge is 0.238 e. The van der Waals surface area contributed by atoms with Gasteiger partial charge in [0, 0.05) is 25.3 Å². The van der Waals surface area contributed by atoms with Gasteiger partial charge in [0.05, 0.1) is 13.2 Å². The summed E-state index contributed by atoms with van der Waals surface area (Å²) in [5.74, 6) is 0.611. The molecule has 0 atom stereocenters. The zero-order valence-electron chi connectivity index (χ0n) is 14.3. The monoisotopic (exact) mass is 335 g/mol. The Hall–Kier alpha value is -2.84. The van der Waals surface area contributed by atoms with Gasteiger partial charge in [-0.05, 0) is 47.4 Å². The van der Waals surface area contributed by atoms with Gasteiger partial charge in [0.1, 0.15) is 12.2 Å². The summed E-state index contributed by atoms with van der Waals surface area (Å²) < 4.78 is 5.19. The van der Waals surface area contributed by atoms with Crippen LogP contribution in [-0.4, -0.2) is 24.5 Å². The first-order chi connectivity index (χ1) is 12.2. The lowest BCUT2D eigenvalue weighted by Crippen LogP contribution is -2.19. The maximum atomic E-state index is 11.5. The molecule has 3 rings (SSSR count). The largest absolute Gasteiger partial charge is 0.497 e. The third kappa shape index (κ3) is 4.37. The average molecular weight is 335 g/mol. The van der Waals surface area contributed by atoms with Crippen molar-refractivity contribution in [1.82, 2.24) is 4.90 Å². The summed E-state index contributed by atoms with van der Waals surface area (Å²) in [6.45, 7) is 2.79. The van der Waals surface area contributed by atoms with Gasteiger partial charge in [-0.3, -0.25) is 9.69 Å². The van der Waals surface area contributed by atoms with E-state index in [0.717, 1.165) is 37.5 Å². The predicted octanol–water partition coefficient (Wildman–Crippen LogP) is 3.11. The molecule has 5 heteroatoms. The van der Waals surface area contributed by atoms with Gasteiger partial charge < -0.3 is 10.1 Å². The van der Waals surface area contributed by atoms with Crippen LogP contribution in [0.4, 0.5) is 5.69 Å². The number of ether oxygens (including phenoxy) is 1. The third-order valence-electron chi connectivity index (χ3n) is 4.39. The fourth-order valence-corrected chi connectivity index (χ4v) is 3.06. The minimum absolute atomic E-state index is 0.120. The van der Waals surface area contributed by atoms with Crippen molar-refractivity contribution in [3.05, 3.63) is 59.2 Å². The molecule has 0 aliphatic carbocycles. The van der Waals surface area contributed by atoms with Crippen LogP contribution in [0.25, 0.3) is 0 Å². The molecule has 1 heterocycles. The molecular weight excluding hydrogens is 314 g/mol. The molecule has 1 aliphatic heterocycles. The lowest BCUT2D eigenvalue weighted by molar-refractivity contribution is -0.115. The van der Waals surface area contributed by atoms with Crippen molar-refractivity contribution in [2.75, 3.05) is 19.0 Å². The van der Waals surface area contributed by atoms with Crippen molar-refractivity contribution >= 4 is 11.6 Å². The number of hydrogen-bond donors (Lipinski definition) is 1. The van der Waals surface area contributed by atoms with E-state index in [9.17, 15) is 4.79 Å². The molecule has 1 N–H and O–H groups in total. The number of amides is 1. The topological polar surface area (TPSA) is 65.4 Å². The van der Waals surface area contributed by atoms with Crippen LogP contribution < -0.4 is 10.1 Å².